The SMILES string of the molecule is CCOc1c(C(=O)OC)sc2ccccc12. The summed E-state index contributed by atoms with van der Waals surface area (Å²) in [5, 5.41) is 0.967. The van der Waals surface area contributed by atoms with Crippen molar-refractivity contribution < 1.29 is 14.3 Å². The van der Waals surface area contributed by atoms with Crippen LogP contribution in [0, 0.1) is 0 Å². The van der Waals surface area contributed by atoms with E-state index in [1.54, 1.807) is 0 Å². The van der Waals surface area contributed by atoms with Crippen molar-refractivity contribution in [3.05, 3.63) is 29.1 Å². The molecule has 0 saturated carbocycles. The summed E-state index contributed by atoms with van der Waals surface area (Å²) in [5.74, 6) is 0.291. The average molecular weight is 236 g/mol. The molecule has 0 aliphatic heterocycles. The molecule has 3 nitrogen and oxygen atoms in total. The topological polar surface area (TPSA) is 35.5 Å². The predicted molar refractivity (Wildman–Crippen MR) is 64.3 cm³/mol. The van der Waals surface area contributed by atoms with E-state index in [1.165, 1.54) is 18.4 Å². The second-order valence-corrected chi connectivity index (χ2v) is 4.23. The fourth-order valence-corrected chi connectivity index (χ4v) is 2.60. The molecule has 0 aliphatic carbocycles. The minimum Gasteiger partial charge on any atom is -0.491 e. The highest BCUT2D eigenvalue weighted by molar-refractivity contribution is 7.21. The fraction of sp³-hybridized carbons (Fsp3) is 0.250. The first-order chi connectivity index (χ1) is 7.77. The molecule has 0 bridgehead atoms. The van der Waals surface area contributed by atoms with Gasteiger partial charge in [-0.25, -0.2) is 4.79 Å². The maximum Gasteiger partial charge on any atom is 0.351 e. The molecule has 1 aromatic heterocycles. The number of benzene rings is 1. The van der Waals surface area contributed by atoms with Crippen LogP contribution in [-0.2, 0) is 4.74 Å². The quantitative estimate of drug-likeness (QED) is 0.768. The number of hydrogen-bond donors (Lipinski definition) is 0. The Morgan fingerprint density at radius 2 is 2.12 bits per heavy atom. The monoisotopic (exact) mass is 236 g/mol. The van der Waals surface area contributed by atoms with E-state index in [9.17, 15) is 4.79 Å². The van der Waals surface area contributed by atoms with Crippen molar-refractivity contribution in [2.75, 3.05) is 13.7 Å². The molecule has 0 saturated heterocycles. The Morgan fingerprint density at radius 3 is 2.81 bits per heavy atom. The van der Waals surface area contributed by atoms with Gasteiger partial charge in [0.05, 0.1) is 13.7 Å². The van der Waals surface area contributed by atoms with Crippen LogP contribution >= 0.6 is 11.3 Å². The van der Waals surface area contributed by atoms with E-state index in [4.69, 9.17) is 9.47 Å². The van der Waals surface area contributed by atoms with Crippen molar-refractivity contribution >= 4 is 27.4 Å². The number of fused-ring (bicyclic) bond motifs is 1. The van der Waals surface area contributed by atoms with E-state index in [2.05, 4.69) is 0 Å². The van der Waals surface area contributed by atoms with Gasteiger partial charge in [0.25, 0.3) is 0 Å². The van der Waals surface area contributed by atoms with Gasteiger partial charge in [0.15, 0.2) is 10.6 Å². The lowest BCUT2D eigenvalue weighted by Gasteiger charge is -2.03. The molecule has 4 heteroatoms. The molecule has 0 fully saturated rings. The van der Waals surface area contributed by atoms with Crippen LogP contribution in [-0.4, -0.2) is 19.7 Å². The van der Waals surface area contributed by atoms with Crippen LogP contribution < -0.4 is 4.74 Å². The summed E-state index contributed by atoms with van der Waals surface area (Å²) in [4.78, 5) is 12.1. The smallest absolute Gasteiger partial charge is 0.351 e. The van der Waals surface area contributed by atoms with Gasteiger partial charge < -0.3 is 9.47 Å². The minimum atomic E-state index is -0.343. The lowest BCUT2D eigenvalue weighted by atomic mass is 10.2. The van der Waals surface area contributed by atoms with E-state index < -0.39 is 0 Å². The summed E-state index contributed by atoms with van der Waals surface area (Å²) < 4.78 is 11.3. The fourth-order valence-electron chi connectivity index (χ4n) is 1.54. The van der Waals surface area contributed by atoms with Gasteiger partial charge in [-0.1, -0.05) is 12.1 Å². The molecule has 0 aliphatic rings. The molecule has 0 N–H and O–H groups in total. The van der Waals surface area contributed by atoms with Crippen molar-refractivity contribution in [1.29, 1.82) is 0 Å². The molecule has 2 rings (SSSR count). The maximum atomic E-state index is 11.6. The molecule has 2 aromatic rings. The van der Waals surface area contributed by atoms with Crippen LogP contribution in [0.1, 0.15) is 16.6 Å². The Morgan fingerprint density at radius 1 is 1.38 bits per heavy atom. The Hall–Kier alpha value is -1.55. The molecule has 1 aromatic carbocycles. The molecular formula is C12H12O3S. The van der Waals surface area contributed by atoms with Gasteiger partial charge in [0.2, 0.25) is 0 Å². The molecule has 0 atom stereocenters. The third kappa shape index (κ3) is 1.76. The molecular weight excluding hydrogens is 224 g/mol. The van der Waals surface area contributed by atoms with Gasteiger partial charge in [-0.05, 0) is 19.1 Å². The van der Waals surface area contributed by atoms with Crippen molar-refractivity contribution in [3.8, 4) is 5.75 Å². The molecule has 16 heavy (non-hydrogen) atoms. The van der Waals surface area contributed by atoms with E-state index in [0.29, 0.717) is 17.2 Å². The third-order valence-corrected chi connectivity index (χ3v) is 3.34. The summed E-state index contributed by atoms with van der Waals surface area (Å²) in [6, 6.07) is 7.78. The number of hydrogen-bond acceptors (Lipinski definition) is 4. The second kappa shape index (κ2) is 4.53. The summed E-state index contributed by atoms with van der Waals surface area (Å²) >= 11 is 1.40. The minimum absolute atomic E-state index is 0.343. The second-order valence-electron chi connectivity index (χ2n) is 3.18. The molecule has 84 valence electrons. The zero-order valence-corrected chi connectivity index (χ0v) is 9.97. The third-order valence-electron chi connectivity index (χ3n) is 2.21. The van der Waals surface area contributed by atoms with Crippen LogP contribution in [0.2, 0.25) is 0 Å². The van der Waals surface area contributed by atoms with Crippen molar-refractivity contribution in [1.82, 2.24) is 0 Å². The molecule has 0 unspecified atom stereocenters. The Labute approximate surface area is 97.6 Å². The molecule has 0 spiro atoms. The van der Waals surface area contributed by atoms with Gasteiger partial charge in [-0.15, -0.1) is 11.3 Å². The zero-order chi connectivity index (χ0) is 11.5. The maximum absolute atomic E-state index is 11.6. The van der Waals surface area contributed by atoms with Gasteiger partial charge in [-0.3, -0.25) is 0 Å². The van der Waals surface area contributed by atoms with Gasteiger partial charge >= 0.3 is 5.97 Å². The van der Waals surface area contributed by atoms with Crippen LogP contribution in [0.4, 0.5) is 0 Å². The Kier molecular flexibility index (Phi) is 3.10. The van der Waals surface area contributed by atoms with Crippen molar-refractivity contribution in [3.63, 3.8) is 0 Å². The largest absolute Gasteiger partial charge is 0.491 e. The number of methoxy groups -OCH3 is 1. The number of esters is 1. The molecule has 0 amide bonds. The lowest BCUT2D eigenvalue weighted by molar-refractivity contribution is 0.0602. The first-order valence-electron chi connectivity index (χ1n) is 5.00. The number of carbonyl (C=O) groups excluding carboxylic acids is 1. The number of rotatable bonds is 3. The van der Waals surface area contributed by atoms with Gasteiger partial charge in [-0.2, -0.15) is 0 Å². The van der Waals surface area contributed by atoms with Crippen LogP contribution in [0.5, 0.6) is 5.75 Å². The zero-order valence-electron chi connectivity index (χ0n) is 9.15. The summed E-state index contributed by atoms with van der Waals surface area (Å²) in [6.07, 6.45) is 0. The summed E-state index contributed by atoms with van der Waals surface area (Å²) in [6.45, 7) is 2.43. The summed E-state index contributed by atoms with van der Waals surface area (Å²) in [7, 11) is 1.38. The van der Waals surface area contributed by atoms with Crippen LogP contribution in [0.3, 0.4) is 0 Å². The first-order valence-corrected chi connectivity index (χ1v) is 5.82. The van der Waals surface area contributed by atoms with Crippen LogP contribution in [0.25, 0.3) is 10.1 Å². The Balaban J connectivity index is 2.62. The average Bonchev–Trinajstić information content (AvgIpc) is 2.68. The number of thiophene rings is 1. The van der Waals surface area contributed by atoms with Crippen molar-refractivity contribution in [2.45, 2.75) is 6.92 Å². The highest BCUT2D eigenvalue weighted by Gasteiger charge is 2.19. The van der Waals surface area contributed by atoms with E-state index in [-0.39, 0.29) is 5.97 Å². The van der Waals surface area contributed by atoms with E-state index in [0.717, 1.165) is 10.1 Å². The highest BCUT2D eigenvalue weighted by Crippen LogP contribution is 2.37. The Bertz CT molecular complexity index is 516. The first kappa shape index (κ1) is 11.0. The number of ether oxygens (including phenoxy) is 2. The molecule has 1 heterocycles. The van der Waals surface area contributed by atoms with Gasteiger partial charge in [0.1, 0.15) is 0 Å². The predicted octanol–water partition coefficient (Wildman–Crippen LogP) is 3.09. The normalized spacial score (nSPS) is 10.4. The number of carbonyl (C=O) groups is 1. The molecule has 0 radical (unpaired) electrons. The summed E-state index contributed by atoms with van der Waals surface area (Å²) in [5.41, 5.74) is 0. The van der Waals surface area contributed by atoms with E-state index in [1.807, 2.05) is 31.2 Å². The lowest BCUT2D eigenvalue weighted by Crippen LogP contribution is -2.02. The standard InChI is InChI=1S/C12H12O3S/c1-3-15-10-8-6-4-5-7-9(8)16-11(10)12(13)14-2/h4-7H,3H2,1-2H3. The van der Waals surface area contributed by atoms with Crippen LogP contribution in [0.15, 0.2) is 24.3 Å². The van der Waals surface area contributed by atoms with E-state index >= 15 is 0 Å². The highest BCUT2D eigenvalue weighted by atomic mass is 32.1. The van der Waals surface area contributed by atoms with Gasteiger partial charge in [0, 0.05) is 10.1 Å². The van der Waals surface area contributed by atoms with Crippen molar-refractivity contribution in [2.24, 2.45) is 0 Å².